The van der Waals surface area contributed by atoms with Crippen LogP contribution in [0.5, 0.6) is 0 Å². The van der Waals surface area contributed by atoms with E-state index in [0.717, 1.165) is 5.56 Å². The highest BCUT2D eigenvalue weighted by molar-refractivity contribution is 6.34. The first-order valence-electron chi connectivity index (χ1n) is 4.98. The van der Waals surface area contributed by atoms with Crippen LogP contribution >= 0.6 is 23.2 Å². The molecule has 1 atom stereocenters. The molecule has 0 aliphatic heterocycles. The van der Waals surface area contributed by atoms with Crippen LogP contribution in [0.15, 0.2) is 30.9 Å². The summed E-state index contributed by atoms with van der Waals surface area (Å²) < 4.78 is 4.56. The highest BCUT2D eigenvalue weighted by Gasteiger charge is 2.14. The topological polar surface area (TPSA) is 38.3 Å². The predicted octanol–water partition coefficient (Wildman–Crippen LogP) is 3.97. The predicted molar refractivity (Wildman–Crippen MR) is 69.6 cm³/mol. The summed E-state index contributed by atoms with van der Waals surface area (Å²) in [5.74, 6) is 0. The van der Waals surface area contributed by atoms with Crippen LogP contribution in [0, 0.1) is 0 Å². The van der Waals surface area contributed by atoms with Gasteiger partial charge in [0.25, 0.3) is 0 Å². The van der Waals surface area contributed by atoms with E-state index in [4.69, 9.17) is 23.2 Å². The Morgan fingerprint density at radius 1 is 1.47 bits per heavy atom. The first-order valence-corrected chi connectivity index (χ1v) is 5.73. The number of ether oxygens (including phenoxy) is 1. The smallest absolute Gasteiger partial charge is 0.407 e. The lowest BCUT2D eigenvalue weighted by atomic mass is 10.0. The van der Waals surface area contributed by atoms with Crippen molar-refractivity contribution in [3.8, 4) is 0 Å². The Morgan fingerprint density at radius 3 is 2.53 bits per heavy atom. The fourth-order valence-electron chi connectivity index (χ4n) is 1.42. The lowest BCUT2D eigenvalue weighted by Crippen LogP contribution is -2.28. The van der Waals surface area contributed by atoms with E-state index in [1.165, 1.54) is 7.11 Å². The number of rotatable bonds is 4. The number of carbonyl (C=O) groups excluding carboxylic acids is 1. The van der Waals surface area contributed by atoms with Crippen molar-refractivity contribution in [3.05, 3.63) is 46.5 Å². The van der Waals surface area contributed by atoms with Gasteiger partial charge in [-0.1, -0.05) is 29.3 Å². The van der Waals surface area contributed by atoms with E-state index in [2.05, 4.69) is 16.6 Å². The van der Waals surface area contributed by atoms with Crippen molar-refractivity contribution in [1.82, 2.24) is 5.32 Å². The van der Waals surface area contributed by atoms with E-state index in [1.807, 2.05) is 0 Å². The monoisotopic (exact) mass is 273 g/mol. The van der Waals surface area contributed by atoms with E-state index in [9.17, 15) is 4.79 Å². The van der Waals surface area contributed by atoms with Crippen LogP contribution in [0.3, 0.4) is 0 Å². The Balaban J connectivity index is 2.95. The average molecular weight is 274 g/mol. The Labute approximate surface area is 110 Å². The van der Waals surface area contributed by atoms with E-state index in [-0.39, 0.29) is 6.04 Å². The summed E-state index contributed by atoms with van der Waals surface area (Å²) in [4.78, 5) is 11.2. The molecule has 0 aliphatic carbocycles. The molecular formula is C12H13Cl2NO2. The summed E-state index contributed by atoms with van der Waals surface area (Å²) in [7, 11) is 1.31. The number of amides is 1. The molecule has 0 heterocycles. The Bertz CT molecular complexity index is 401. The number of carbonyl (C=O) groups is 1. The van der Waals surface area contributed by atoms with Gasteiger partial charge in [-0.15, -0.1) is 6.58 Å². The molecule has 3 nitrogen and oxygen atoms in total. The molecule has 1 rings (SSSR count). The Morgan fingerprint density at radius 2 is 2.06 bits per heavy atom. The lowest BCUT2D eigenvalue weighted by molar-refractivity contribution is 0.166. The quantitative estimate of drug-likeness (QED) is 0.844. The van der Waals surface area contributed by atoms with Gasteiger partial charge in [0, 0.05) is 10.0 Å². The fourth-order valence-corrected chi connectivity index (χ4v) is 1.97. The molecule has 0 fully saturated rings. The molecule has 1 unspecified atom stereocenters. The molecular weight excluding hydrogens is 261 g/mol. The van der Waals surface area contributed by atoms with Crippen molar-refractivity contribution in [2.45, 2.75) is 12.5 Å². The van der Waals surface area contributed by atoms with Gasteiger partial charge in [0.05, 0.1) is 13.2 Å². The maximum absolute atomic E-state index is 11.2. The van der Waals surface area contributed by atoms with Gasteiger partial charge < -0.3 is 10.1 Å². The van der Waals surface area contributed by atoms with Gasteiger partial charge in [-0.3, -0.25) is 0 Å². The largest absolute Gasteiger partial charge is 0.453 e. The zero-order valence-corrected chi connectivity index (χ0v) is 10.9. The van der Waals surface area contributed by atoms with Crippen molar-refractivity contribution >= 4 is 29.3 Å². The second kappa shape index (κ2) is 6.52. The van der Waals surface area contributed by atoms with Crippen LogP contribution in [0.1, 0.15) is 18.0 Å². The van der Waals surface area contributed by atoms with E-state index in [0.29, 0.717) is 16.5 Å². The second-order valence-corrected chi connectivity index (χ2v) is 4.29. The Kier molecular flexibility index (Phi) is 5.32. The number of halogens is 2. The average Bonchev–Trinajstić information content (AvgIpc) is 2.27. The lowest BCUT2D eigenvalue weighted by Gasteiger charge is -2.17. The molecule has 1 aromatic carbocycles. The molecule has 92 valence electrons. The van der Waals surface area contributed by atoms with Gasteiger partial charge in [-0.25, -0.2) is 4.79 Å². The molecule has 1 amide bonds. The summed E-state index contributed by atoms with van der Waals surface area (Å²) in [6, 6.07) is 4.88. The SMILES string of the molecule is C=CCC(NC(=O)OC)c1cc(Cl)cc(Cl)c1. The minimum absolute atomic E-state index is 0.254. The maximum Gasteiger partial charge on any atom is 0.407 e. The van der Waals surface area contributed by atoms with Gasteiger partial charge in [-0.05, 0) is 30.2 Å². The zero-order valence-electron chi connectivity index (χ0n) is 9.37. The van der Waals surface area contributed by atoms with Gasteiger partial charge in [0.1, 0.15) is 0 Å². The number of nitrogens with one attached hydrogen (secondary N) is 1. The molecule has 1 aromatic rings. The standard InChI is InChI=1S/C12H13Cl2NO2/c1-3-4-11(15-12(16)17-2)8-5-9(13)7-10(14)6-8/h3,5-7,11H,1,4H2,2H3,(H,15,16). The summed E-state index contributed by atoms with van der Waals surface area (Å²) in [6.07, 6.45) is 1.76. The number of methoxy groups -OCH3 is 1. The van der Waals surface area contributed by atoms with Crippen molar-refractivity contribution in [2.75, 3.05) is 7.11 Å². The molecule has 1 N–H and O–H groups in total. The molecule has 0 spiro atoms. The Hall–Kier alpha value is -1.19. The summed E-state index contributed by atoms with van der Waals surface area (Å²) >= 11 is 11.8. The molecule has 5 heteroatoms. The molecule has 0 bridgehead atoms. The summed E-state index contributed by atoms with van der Waals surface area (Å²) in [6.45, 7) is 3.65. The van der Waals surface area contributed by atoms with Gasteiger partial charge in [0.15, 0.2) is 0 Å². The number of hydrogen-bond acceptors (Lipinski definition) is 2. The molecule has 0 saturated carbocycles. The minimum atomic E-state index is -0.507. The van der Waals surface area contributed by atoms with Gasteiger partial charge >= 0.3 is 6.09 Å². The first kappa shape index (κ1) is 13.9. The number of benzene rings is 1. The third-order valence-electron chi connectivity index (χ3n) is 2.17. The van der Waals surface area contributed by atoms with Crippen LogP contribution in [0.25, 0.3) is 0 Å². The normalized spacial score (nSPS) is 11.7. The van der Waals surface area contributed by atoms with E-state index in [1.54, 1.807) is 24.3 Å². The van der Waals surface area contributed by atoms with Crippen LogP contribution in [0.2, 0.25) is 10.0 Å². The van der Waals surface area contributed by atoms with E-state index >= 15 is 0 Å². The molecule has 0 aliphatic rings. The van der Waals surface area contributed by atoms with Crippen molar-refractivity contribution in [2.24, 2.45) is 0 Å². The highest BCUT2D eigenvalue weighted by Crippen LogP contribution is 2.25. The molecule has 0 radical (unpaired) electrons. The van der Waals surface area contributed by atoms with Crippen LogP contribution in [-0.2, 0) is 4.74 Å². The number of alkyl carbamates (subject to hydrolysis) is 1. The summed E-state index contributed by atoms with van der Waals surface area (Å²) in [5.41, 5.74) is 0.813. The third-order valence-corrected chi connectivity index (χ3v) is 2.60. The maximum atomic E-state index is 11.2. The van der Waals surface area contributed by atoms with Crippen molar-refractivity contribution in [3.63, 3.8) is 0 Å². The van der Waals surface area contributed by atoms with E-state index < -0.39 is 6.09 Å². The first-order chi connectivity index (χ1) is 8.06. The van der Waals surface area contributed by atoms with Crippen molar-refractivity contribution < 1.29 is 9.53 Å². The van der Waals surface area contributed by atoms with Gasteiger partial charge in [0.2, 0.25) is 0 Å². The van der Waals surface area contributed by atoms with Crippen LogP contribution in [0.4, 0.5) is 4.79 Å². The zero-order chi connectivity index (χ0) is 12.8. The fraction of sp³-hybridized carbons (Fsp3) is 0.250. The molecule has 0 aromatic heterocycles. The number of hydrogen-bond donors (Lipinski definition) is 1. The van der Waals surface area contributed by atoms with Crippen LogP contribution in [-0.4, -0.2) is 13.2 Å². The van der Waals surface area contributed by atoms with Gasteiger partial charge in [-0.2, -0.15) is 0 Å². The second-order valence-electron chi connectivity index (χ2n) is 3.42. The minimum Gasteiger partial charge on any atom is -0.453 e. The molecule has 17 heavy (non-hydrogen) atoms. The highest BCUT2D eigenvalue weighted by atomic mass is 35.5. The van der Waals surface area contributed by atoms with Crippen LogP contribution < -0.4 is 5.32 Å². The molecule has 0 saturated heterocycles. The summed E-state index contributed by atoms with van der Waals surface area (Å²) in [5, 5.41) is 3.73. The van der Waals surface area contributed by atoms with Crippen molar-refractivity contribution in [1.29, 1.82) is 0 Å². The third kappa shape index (κ3) is 4.29.